The van der Waals surface area contributed by atoms with Crippen molar-refractivity contribution in [2.75, 3.05) is 6.26 Å². The van der Waals surface area contributed by atoms with Crippen LogP contribution in [0.1, 0.15) is 30.4 Å². The van der Waals surface area contributed by atoms with Crippen LogP contribution in [0.2, 0.25) is 0 Å². The Morgan fingerprint density at radius 1 is 1.05 bits per heavy atom. The molecule has 0 atom stereocenters. The van der Waals surface area contributed by atoms with Gasteiger partial charge in [-0.1, -0.05) is 24.3 Å². The van der Waals surface area contributed by atoms with Gasteiger partial charge < -0.3 is 0 Å². The summed E-state index contributed by atoms with van der Waals surface area (Å²) in [5, 5.41) is 8.95. The standard InChI is InChI=1S/C19H17NS/c1-21-17-10-11-18(15-4-2-3-5-15)19(12-17)16-8-6-14(13-20)7-9-16/h4,6-12H,2-3,5H2,1H3. The van der Waals surface area contributed by atoms with Crippen molar-refractivity contribution in [2.24, 2.45) is 0 Å². The molecule has 0 N–H and O–H groups in total. The second kappa shape index (κ2) is 6.20. The zero-order valence-corrected chi connectivity index (χ0v) is 12.9. The van der Waals surface area contributed by atoms with Crippen molar-refractivity contribution in [1.82, 2.24) is 0 Å². The number of thioether (sulfide) groups is 1. The first-order chi connectivity index (χ1) is 10.3. The van der Waals surface area contributed by atoms with Crippen molar-refractivity contribution in [1.29, 1.82) is 5.26 Å². The average Bonchev–Trinajstić information content (AvgIpc) is 3.08. The second-order valence-corrected chi connectivity index (χ2v) is 6.10. The largest absolute Gasteiger partial charge is 0.192 e. The third-order valence-electron chi connectivity index (χ3n) is 3.94. The lowest BCUT2D eigenvalue weighted by atomic mass is 9.94. The molecule has 0 aliphatic heterocycles. The van der Waals surface area contributed by atoms with E-state index in [1.807, 2.05) is 12.1 Å². The molecule has 1 aliphatic rings. The minimum absolute atomic E-state index is 0.710. The Kier molecular flexibility index (Phi) is 4.13. The summed E-state index contributed by atoms with van der Waals surface area (Å²) in [6.45, 7) is 0. The fourth-order valence-corrected chi connectivity index (χ4v) is 3.25. The van der Waals surface area contributed by atoms with Crippen LogP contribution in [-0.4, -0.2) is 6.26 Å². The zero-order chi connectivity index (χ0) is 14.7. The molecule has 2 heteroatoms. The molecule has 104 valence electrons. The maximum Gasteiger partial charge on any atom is 0.0991 e. The van der Waals surface area contributed by atoms with Crippen LogP contribution in [0.15, 0.2) is 53.4 Å². The molecule has 0 heterocycles. The fourth-order valence-electron chi connectivity index (χ4n) is 2.81. The predicted molar refractivity (Wildman–Crippen MR) is 90.2 cm³/mol. The Morgan fingerprint density at radius 2 is 1.86 bits per heavy atom. The molecule has 0 saturated carbocycles. The van der Waals surface area contributed by atoms with E-state index in [9.17, 15) is 0 Å². The topological polar surface area (TPSA) is 23.8 Å². The van der Waals surface area contributed by atoms with Crippen LogP contribution in [0.3, 0.4) is 0 Å². The van der Waals surface area contributed by atoms with Gasteiger partial charge in [-0.3, -0.25) is 0 Å². The Balaban J connectivity index is 2.11. The first-order valence-electron chi connectivity index (χ1n) is 7.20. The van der Waals surface area contributed by atoms with Gasteiger partial charge in [0.25, 0.3) is 0 Å². The first-order valence-corrected chi connectivity index (χ1v) is 8.42. The lowest BCUT2D eigenvalue weighted by Gasteiger charge is -2.13. The van der Waals surface area contributed by atoms with Gasteiger partial charge >= 0.3 is 0 Å². The number of rotatable bonds is 3. The van der Waals surface area contributed by atoms with E-state index in [-0.39, 0.29) is 0 Å². The molecule has 2 aromatic rings. The Hall–Kier alpha value is -1.98. The van der Waals surface area contributed by atoms with E-state index < -0.39 is 0 Å². The first kappa shape index (κ1) is 14.0. The van der Waals surface area contributed by atoms with E-state index in [4.69, 9.17) is 5.26 Å². The molecule has 0 unspecified atom stereocenters. The highest BCUT2D eigenvalue weighted by Gasteiger charge is 2.13. The van der Waals surface area contributed by atoms with Crippen LogP contribution >= 0.6 is 11.8 Å². The van der Waals surface area contributed by atoms with Crippen molar-refractivity contribution in [2.45, 2.75) is 24.2 Å². The Bertz CT molecular complexity index is 720. The summed E-state index contributed by atoms with van der Waals surface area (Å²) in [5.74, 6) is 0. The van der Waals surface area contributed by atoms with E-state index >= 15 is 0 Å². The number of benzene rings is 2. The van der Waals surface area contributed by atoms with E-state index in [1.165, 1.54) is 46.4 Å². The third kappa shape index (κ3) is 2.89. The minimum atomic E-state index is 0.710. The summed E-state index contributed by atoms with van der Waals surface area (Å²) in [5.41, 5.74) is 5.98. The number of hydrogen-bond acceptors (Lipinski definition) is 2. The van der Waals surface area contributed by atoms with Crippen molar-refractivity contribution in [3.8, 4) is 17.2 Å². The average molecular weight is 291 g/mol. The van der Waals surface area contributed by atoms with Gasteiger partial charge in [-0.2, -0.15) is 5.26 Å². The van der Waals surface area contributed by atoms with Crippen LogP contribution in [-0.2, 0) is 0 Å². The van der Waals surface area contributed by atoms with E-state index in [2.05, 4.69) is 48.7 Å². The fraction of sp³-hybridized carbons (Fsp3) is 0.211. The van der Waals surface area contributed by atoms with Crippen molar-refractivity contribution in [3.05, 3.63) is 59.7 Å². The zero-order valence-electron chi connectivity index (χ0n) is 12.1. The van der Waals surface area contributed by atoms with Gasteiger partial charge in [-0.15, -0.1) is 11.8 Å². The second-order valence-electron chi connectivity index (χ2n) is 5.22. The highest BCUT2D eigenvalue weighted by Crippen LogP contribution is 2.37. The van der Waals surface area contributed by atoms with Crippen molar-refractivity contribution < 1.29 is 0 Å². The molecular formula is C19H17NS. The summed E-state index contributed by atoms with van der Waals surface area (Å²) in [6.07, 6.45) is 8.08. The molecule has 0 spiro atoms. The lowest BCUT2D eigenvalue weighted by Crippen LogP contribution is -1.89. The maximum absolute atomic E-state index is 8.95. The molecule has 1 aliphatic carbocycles. The number of nitrogens with zero attached hydrogens (tertiary/aromatic N) is 1. The molecule has 0 fully saturated rings. The van der Waals surface area contributed by atoms with Gasteiger partial charge in [0.1, 0.15) is 0 Å². The van der Waals surface area contributed by atoms with Crippen molar-refractivity contribution >= 4 is 17.3 Å². The van der Waals surface area contributed by atoms with Gasteiger partial charge in [-0.05, 0) is 72.0 Å². The molecule has 0 amide bonds. The summed E-state index contributed by atoms with van der Waals surface area (Å²) in [4.78, 5) is 1.27. The monoisotopic (exact) mass is 291 g/mol. The third-order valence-corrected chi connectivity index (χ3v) is 4.66. The van der Waals surface area contributed by atoms with Gasteiger partial charge in [-0.25, -0.2) is 0 Å². The number of allylic oxidation sites excluding steroid dienone is 2. The summed E-state index contributed by atoms with van der Waals surface area (Å²) in [7, 11) is 0. The molecule has 0 bridgehead atoms. The molecule has 2 aromatic carbocycles. The minimum Gasteiger partial charge on any atom is -0.192 e. The van der Waals surface area contributed by atoms with Gasteiger partial charge in [0.2, 0.25) is 0 Å². The van der Waals surface area contributed by atoms with E-state index in [0.717, 1.165) is 0 Å². The summed E-state index contributed by atoms with van der Waals surface area (Å²) in [6, 6.07) is 16.8. The molecule has 0 aromatic heterocycles. The molecular weight excluding hydrogens is 274 g/mol. The summed E-state index contributed by atoms with van der Waals surface area (Å²) >= 11 is 1.76. The molecule has 21 heavy (non-hydrogen) atoms. The molecule has 1 nitrogen and oxygen atoms in total. The highest BCUT2D eigenvalue weighted by atomic mass is 32.2. The number of nitriles is 1. The van der Waals surface area contributed by atoms with Gasteiger partial charge in [0.05, 0.1) is 11.6 Å². The predicted octanol–water partition coefficient (Wildman–Crippen LogP) is 5.51. The maximum atomic E-state index is 8.95. The van der Waals surface area contributed by atoms with Gasteiger partial charge in [0, 0.05) is 4.90 Å². The van der Waals surface area contributed by atoms with Crippen LogP contribution in [0.4, 0.5) is 0 Å². The highest BCUT2D eigenvalue weighted by molar-refractivity contribution is 7.98. The summed E-state index contributed by atoms with van der Waals surface area (Å²) < 4.78 is 0. The van der Waals surface area contributed by atoms with Crippen molar-refractivity contribution in [3.63, 3.8) is 0 Å². The Morgan fingerprint density at radius 3 is 2.48 bits per heavy atom. The molecule has 3 rings (SSSR count). The van der Waals surface area contributed by atoms with E-state index in [0.29, 0.717) is 5.56 Å². The van der Waals surface area contributed by atoms with Crippen LogP contribution in [0, 0.1) is 11.3 Å². The molecule has 0 radical (unpaired) electrons. The SMILES string of the molecule is CSc1ccc(C2=CCCC2)c(-c2ccc(C#N)cc2)c1. The van der Waals surface area contributed by atoms with Crippen LogP contribution < -0.4 is 0 Å². The normalized spacial score (nSPS) is 13.8. The lowest BCUT2D eigenvalue weighted by molar-refractivity contribution is 0.935. The number of hydrogen-bond donors (Lipinski definition) is 0. The van der Waals surface area contributed by atoms with Crippen LogP contribution in [0.5, 0.6) is 0 Å². The molecule has 0 saturated heterocycles. The van der Waals surface area contributed by atoms with Crippen LogP contribution in [0.25, 0.3) is 16.7 Å². The quantitative estimate of drug-likeness (QED) is 0.696. The Labute approximate surface area is 130 Å². The smallest absolute Gasteiger partial charge is 0.0991 e. The van der Waals surface area contributed by atoms with E-state index in [1.54, 1.807) is 11.8 Å². The van der Waals surface area contributed by atoms with Gasteiger partial charge in [0.15, 0.2) is 0 Å².